The van der Waals surface area contributed by atoms with Gasteiger partial charge in [0.2, 0.25) is 5.16 Å². The third-order valence-electron chi connectivity index (χ3n) is 1.12. The molecule has 1 rings (SSSR count). The van der Waals surface area contributed by atoms with E-state index < -0.39 is 6.10 Å². The van der Waals surface area contributed by atoms with E-state index in [9.17, 15) is 4.79 Å². The molecule has 1 atom stereocenters. The van der Waals surface area contributed by atoms with Gasteiger partial charge in [0, 0.05) is 12.8 Å². The number of aliphatic hydroxyl groups excluding tert-OH is 1. The molecule has 1 N–H and O–H groups in total. The topological polar surface area (TPSA) is 80.9 Å². The quantitative estimate of drug-likeness (QED) is 0.475. The van der Waals surface area contributed by atoms with E-state index in [1.807, 2.05) is 0 Å². The van der Waals surface area contributed by atoms with Crippen molar-refractivity contribution in [2.75, 3.05) is 5.75 Å². The number of hydrogen-bond acceptors (Lipinski definition) is 6. The Morgan fingerprint density at radius 1 is 1.83 bits per heavy atom. The van der Waals surface area contributed by atoms with Gasteiger partial charge in [0.25, 0.3) is 0 Å². The highest BCUT2D eigenvalue weighted by Crippen LogP contribution is 2.12. The Hall–Kier alpha value is -0.950. The number of thioether (sulfide) groups is 1. The van der Waals surface area contributed by atoms with Gasteiger partial charge in [-0.1, -0.05) is 11.8 Å². The normalized spacial score (nSPS) is 12.8. The van der Waals surface area contributed by atoms with Gasteiger partial charge in [-0.2, -0.15) is 0 Å². The first-order valence-corrected chi connectivity index (χ1v) is 4.21. The number of aldehydes is 1. The van der Waals surface area contributed by atoms with E-state index in [-0.39, 0.29) is 5.75 Å². The first-order valence-electron chi connectivity index (χ1n) is 3.22. The van der Waals surface area contributed by atoms with Crippen LogP contribution in [0.25, 0.3) is 0 Å². The summed E-state index contributed by atoms with van der Waals surface area (Å²) in [5.41, 5.74) is 0. The molecule has 7 heteroatoms. The van der Waals surface area contributed by atoms with Gasteiger partial charge in [-0.25, -0.2) is 4.68 Å². The Labute approximate surface area is 73.0 Å². The minimum atomic E-state index is -0.952. The van der Waals surface area contributed by atoms with Crippen LogP contribution >= 0.6 is 11.8 Å². The van der Waals surface area contributed by atoms with Gasteiger partial charge in [-0.15, -0.1) is 5.10 Å². The zero-order valence-electron chi connectivity index (χ0n) is 6.41. The number of tetrazole rings is 1. The summed E-state index contributed by atoms with van der Waals surface area (Å²) < 4.78 is 1.47. The molecule has 66 valence electrons. The minimum absolute atomic E-state index is 0.276. The summed E-state index contributed by atoms with van der Waals surface area (Å²) in [7, 11) is 1.69. The number of carbonyl (C=O) groups excluding carboxylic acids is 1. The highest BCUT2D eigenvalue weighted by atomic mass is 32.2. The first kappa shape index (κ1) is 9.14. The van der Waals surface area contributed by atoms with Crippen LogP contribution in [0.1, 0.15) is 0 Å². The maximum absolute atomic E-state index is 10.0. The van der Waals surface area contributed by atoms with Crippen LogP contribution in [0, 0.1) is 0 Å². The minimum Gasteiger partial charge on any atom is -0.385 e. The van der Waals surface area contributed by atoms with E-state index >= 15 is 0 Å². The van der Waals surface area contributed by atoms with Crippen LogP contribution in [0.5, 0.6) is 0 Å². The number of aliphatic hydroxyl groups is 1. The highest BCUT2D eigenvalue weighted by molar-refractivity contribution is 7.99. The van der Waals surface area contributed by atoms with Crippen LogP contribution < -0.4 is 0 Å². The van der Waals surface area contributed by atoms with Crippen LogP contribution in [0.3, 0.4) is 0 Å². The lowest BCUT2D eigenvalue weighted by atomic mass is 10.5. The molecule has 0 aliphatic rings. The number of aryl methyl sites for hydroxylation is 1. The fourth-order valence-corrected chi connectivity index (χ4v) is 1.26. The van der Waals surface area contributed by atoms with Gasteiger partial charge >= 0.3 is 0 Å². The van der Waals surface area contributed by atoms with Crippen molar-refractivity contribution in [1.29, 1.82) is 0 Å². The third-order valence-corrected chi connectivity index (χ3v) is 2.23. The fourth-order valence-electron chi connectivity index (χ4n) is 0.543. The molecule has 0 aromatic carbocycles. The Morgan fingerprint density at radius 3 is 3.08 bits per heavy atom. The maximum Gasteiger partial charge on any atom is 0.209 e. The number of rotatable bonds is 4. The molecule has 0 saturated carbocycles. The molecule has 12 heavy (non-hydrogen) atoms. The van der Waals surface area contributed by atoms with Crippen molar-refractivity contribution in [1.82, 2.24) is 20.2 Å². The predicted molar refractivity (Wildman–Crippen MR) is 41.6 cm³/mol. The molecular formula is C5H8N4O2S. The third kappa shape index (κ3) is 2.28. The van der Waals surface area contributed by atoms with Gasteiger partial charge in [-0.05, 0) is 10.4 Å². The lowest BCUT2D eigenvalue weighted by molar-refractivity contribution is -0.113. The van der Waals surface area contributed by atoms with Crippen molar-refractivity contribution in [2.24, 2.45) is 7.05 Å². The molecular weight excluding hydrogens is 180 g/mol. The summed E-state index contributed by atoms with van der Waals surface area (Å²) >= 11 is 1.23. The van der Waals surface area contributed by atoms with Crippen molar-refractivity contribution in [3.05, 3.63) is 0 Å². The van der Waals surface area contributed by atoms with Crippen molar-refractivity contribution in [3.8, 4) is 0 Å². The predicted octanol–water partition coefficient (Wildman–Crippen LogP) is -1.14. The lowest BCUT2D eigenvalue weighted by Crippen LogP contribution is -2.11. The molecule has 1 aromatic rings. The summed E-state index contributed by atoms with van der Waals surface area (Å²) in [5, 5.41) is 20.1. The molecule has 6 nitrogen and oxygen atoms in total. The van der Waals surface area contributed by atoms with E-state index in [4.69, 9.17) is 5.11 Å². The average molecular weight is 188 g/mol. The molecule has 1 heterocycles. The summed E-state index contributed by atoms with van der Waals surface area (Å²) in [6, 6.07) is 0. The van der Waals surface area contributed by atoms with Crippen LogP contribution in [-0.4, -0.2) is 43.5 Å². The molecule has 0 amide bonds. The molecule has 0 fully saturated rings. The zero-order chi connectivity index (χ0) is 8.97. The SMILES string of the molecule is Cn1nnnc1SCC(O)C=O. The van der Waals surface area contributed by atoms with Gasteiger partial charge in [0.15, 0.2) is 0 Å². The largest absolute Gasteiger partial charge is 0.385 e. The highest BCUT2D eigenvalue weighted by Gasteiger charge is 2.06. The standard InChI is InChI=1S/C5H8N4O2S/c1-9-5(6-7-8-9)12-3-4(11)2-10/h2,4,11H,3H2,1H3. The average Bonchev–Trinajstić information content (AvgIpc) is 2.47. The second-order valence-corrected chi connectivity index (χ2v) is 3.09. The molecule has 0 radical (unpaired) electrons. The van der Waals surface area contributed by atoms with Crippen LogP contribution in [-0.2, 0) is 11.8 Å². The first-order chi connectivity index (χ1) is 5.74. The maximum atomic E-state index is 10.0. The second-order valence-electron chi connectivity index (χ2n) is 2.10. The summed E-state index contributed by atoms with van der Waals surface area (Å²) in [5.74, 6) is 0.276. The van der Waals surface area contributed by atoms with Crippen molar-refractivity contribution in [2.45, 2.75) is 11.3 Å². The molecule has 0 bridgehead atoms. The number of carbonyl (C=O) groups is 1. The number of aromatic nitrogens is 4. The molecule has 0 aliphatic heterocycles. The Kier molecular flexibility index (Phi) is 3.18. The van der Waals surface area contributed by atoms with Crippen LogP contribution in [0.4, 0.5) is 0 Å². The number of nitrogens with zero attached hydrogens (tertiary/aromatic N) is 4. The van der Waals surface area contributed by atoms with Gasteiger partial charge in [0.05, 0.1) is 0 Å². The van der Waals surface area contributed by atoms with E-state index in [0.29, 0.717) is 11.4 Å². The van der Waals surface area contributed by atoms with E-state index in [1.54, 1.807) is 7.05 Å². The Morgan fingerprint density at radius 2 is 2.58 bits per heavy atom. The van der Waals surface area contributed by atoms with Crippen LogP contribution in [0.15, 0.2) is 5.16 Å². The van der Waals surface area contributed by atoms with E-state index in [1.165, 1.54) is 16.4 Å². The summed E-state index contributed by atoms with van der Waals surface area (Å²) in [4.78, 5) is 10.0. The Balaban J connectivity index is 2.43. The molecule has 0 aliphatic carbocycles. The number of hydrogen-bond donors (Lipinski definition) is 1. The molecule has 0 saturated heterocycles. The summed E-state index contributed by atoms with van der Waals surface area (Å²) in [6.45, 7) is 0. The monoisotopic (exact) mass is 188 g/mol. The second kappa shape index (κ2) is 4.17. The fraction of sp³-hybridized carbons (Fsp3) is 0.600. The lowest BCUT2D eigenvalue weighted by Gasteiger charge is -1.99. The zero-order valence-corrected chi connectivity index (χ0v) is 7.23. The van der Waals surface area contributed by atoms with Crippen LogP contribution in [0.2, 0.25) is 0 Å². The summed E-state index contributed by atoms with van der Waals surface area (Å²) in [6.07, 6.45) is -0.469. The van der Waals surface area contributed by atoms with Crippen molar-refractivity contribution < 1.29 is 9.90 Å². The van der Waals surface area contributed by atoms with E-state index in [0.717, 1.165) is 0 Å². The molecule has 1 unspecified atom stereocenters. The van der Waals surface area contributed by atoms with Gasteiger partial charge < -0.3 is 9.90 Å². The van der Waals surface area contributed by atoms with E-state index in [2.05, 4.69) is 15.5 Å². The van der Waals surface area contributed by atoms with Gasteiger partial charge in [-0.3, -0.25) is 0 Å². The molecule has 0 spiro atoms. The Bertz CT molecular complexity index is 264. The van der Waals surface area contributed by atoms with Gasteiger partial charge in [0.1, 0.15) is 12.4 Å². The van der Waals surface area contributed by atoms with Crippen molar-refractivity contribution in [3.63, 3.8) is 0 Å². The molecule has 1 aromatic heterocycles. The van der Waals surface area contributed by atoms with Crippen molar-refractivity contribution >= 4 is 18.0 Å². The smallest absolute Gasteiger partial charge is 0.209 e.